The summed E-state index contributed by atoms with van der Waals surface area (Å²) in [6.45, 7) is 1.28. The van der Waals surface area contributed by atoms with Gasteiger partial charge in [-0.15, -0.1) is 0 Å². The molecule has 6 heteroatoms. The highest BCUT2D eigenvalue weighted by Crippen LogP contribution is 1.89. The number of amides is 1. The van der Waals surface area contributed by atoms with Crippen molar-refractivity contribution in [2.24, 2.45) is 0 Å². The van der Waals surface area contributed by atoms with Gasteiger partial charge in [-0.1, -0.05) is 0 Å². The van der Waals surface area contributed by atoms with Gasteiger partial charge < -0.3 is 15.2 Å². The van der Waals surface area contributed by atoms with Crippen LogP contribution in [0.4, 0.5) is 0 Å². The molecule has 0 aromatic heterocycles. The Kier molecular flexibility index (Phi) is 6.07. The number of carboxylic acids is 1. The fourth-order valence-corrected chi connectivity index (χ4v) is 0.581. The normalized spacial score (nSPS) is 11.4. The van der Waals surface area contributed by atoms with E-state index in [2.05, 4.69) is 5.32 Å². The summed E-state index contributed by atoms with van der Waals surface area (Å²) in [6, 6.07) is 1.86. The van der Waals surface area contributed by atoms with Crippen molar-refractivity contribution in [2.75, 3.05) is 13.2 Å². The molecule has 0 fully saturated rings. The van der Waals surface area contributed by atoms with Gasteiger partial charge in [0.1, 0.15) is 6.61 Å². The summed E-state index contributed by atoms with van der Waals surface area (Å²) in [6.07, 6.45) is -0.781. The molecular formula is C8H12N2O4. The van der Waals surface area contributed by atoms with Crippen molar-refractivity contribution in [2.45, 2.75) is 19.4 Å². The van der Waals surface area contributed by atoms with E-state index in [0.29, 0.717) is 0 Å². The molecule has 14 heavy (non-hydrogen) atoms. The highest BCUT2D eigenvalue weighted by atomic mass is 16.5. The van der Waals surface area contributed by atoms with E-state index in [9.17, 15) is 9.59 Å². The molecule has 0 rings (SSSR count). The molecule has 0 aromatic rings. The summed E-state index contributed by atoms with van der Waals surface area (Å²) in [7, 11) is 0. The lowest BCUT2D eigenvalue weighted by Crippen LogP contribution is -2.31. The van der Waals surface area contributed by atoms with Crippen molar-refractivity contribution < 1.29 is 19.4 Å². The Morgan fingerprint density at radius 3 is 2.79 bits per heavy atom. The summed E-state index contributed by atoms with van der Waals surface area (Å²) in [5.41, 5.74) is 0. The summed E-state index contributed by atoms with van der Waals surface area (Å²) >= 11 is 0. The molecule has 0 bridgehead atoms. The number of carbonyl (C=O) groups is 2. The van der Waals surface area contributed by atoms with Crippen molar-refractivity contribution in [3.8, 4) is 6.07 Å². The molecule has 0 saturated carbocycles. The highest BCUT2D eigenvalue weighted by molar-refractivity contribution is 5.78. The predicted molar refractivity (Wildman–Crippen MR) is 46.3 cm³/mol. The number of hydrogen-bond acceptors (Lipinski definition) is 4. The fraction of sp³-hybridized carbons (Fsp3) is 0.625. The smallest absolute Gasteiger partial charge is 0.332 e. The maximum atomic E-state index is 10.9. The topological polar surface area (TPSA) is 99.4 Å². The van der Waals surface area contributed by atoms with E-state index >= 15 is 0 Å². The standard InChI is InChI=1S/C8H12N2O4/c1-6(8(12)13)14-5-7(11)10-4-2-3-9/h6H,2,4-5H2,1H3,(H,10,11)(H,12,13)/t6-/m1/s1. The van der Waals surface area contributed by atoms with E-state index in [1.807, 2.05) is 6.07 Å². The first kappa shape index (κ1) is 12.4. The van der Waals surface area contributed by atoms with Crippen LogP contribution in [0, 0.1) is 11.3 Å². The first-order valence-electron chi connectivity index (χ1n) is 4.06. The minimum atomic E-state index is -1.12. The van der Waals surface area contributed by atoms with Crippen LogP contribution in [-0.2, 0) is 14.3 Å². The Balaban J connectivity index is 3.54. The quantitative estimate of drug-likeness (QED) is 0.563. The van der Waals surface area contributed by atoms with E-state index in [4.69, 9.17) is 15.1 Å². The Labute approximate surface area is 81.5 Å². The van der Waals surface area contributed by atoms with E-state index < -0.39 is 18.0 Å². The van der Waals surface area contributed by atoms with E-state index in [0.717, 1.165) is 0 Å². The van der Waals surface area contributed by atoms with Gasteiger partial charge in [0.05, 0.1) is 12.5 Å². The zero-order valence-electron chi connectivity index (χ0n) is 7.82. The SMILES string of the molecule is C[C@@H](OCC(=O)NCCC#N)C(=O)O. The zero-order valence-corrected chi connectivity index (χ0v) is 7.82. The number of hydrogen-bond donors (Lipinski definition) is 2. The Morgan fingerprint density at radius 1 is 1.64 bits per heavy atom. The average Bonchev–Trinajstić information content (AvgIpc) is 2.14. The molecule has 1 amide bonds. The van der Waals surface area contributed by atoms with Gasteiger partial charge in [-0.05, 0) is 6.92 Å². The first-order chi connectivity index (χ1) is 6.57. The summed E-state index contributed by atoms with van der Waals surface area (Å²) in [5.74, 6) is -1.54. The molecule has 0 radical (unpaired) electrons. The van der Waals surface area contributed by atoms with Crippen LogP contribution in [0.1, 0.15) is 13.3 Å². The van der Waals surface area contributed by atoms with Gasteiger partial charge in [0.2, 0.25) is 5.91 Å². The fourth-order valence-electron chi connectivity index (χ4n) is 0.581. The Hall–Kier alpha value is -1.61. The lowest BCUT2D eigenvalue weighted by molar-refractivity contribution is -0.150. The third-order valence-electron chi connectivity index (χ3n) is 1.37. The maximum absolute atomic E-state index is 10.9. The van der Waals surface area contributed by atoms with Crippen LogP contribution in [0.25, 0.3) is 0 Å². The van der Waals surface area contributed by atoms with Crippen LogP contribution >= 0.6 is 0 Å². The molecule has 78 valence electrons. The molecule has 2 N–H and O–H groups in total. The predicted octanol–water partition coefficient (Wildman–Crippen LogP) is -0.494. The van der Waals surface area contributed by atoms with Crippen LogP contribution in [0.3, 0.4) is 0 Å². The van der Waals surface area contributed by atoms with Crippen LogP contribution in [0.15, 0.2) is 0 Å². The third-order valence-corrected chi connectivity index (χ3v) is 1.37. The van der Waals surface area contributed by atoms with Gasteiger partial charge in [0.15, 0.2) is 6.10 Å². The lowest BCUT2D eigenvalue weighted by Gasteiger charge is -2.07. The van der Waals surface area contributed by atoms with Crippen LogP contribution in [0.2, 0.25) is 0 Å². The average molecular weight is 200 g/mol. The number of carbonyl (C=O) groups excluding carboxylic acids is 1. The number of ether oxygens (including phenoxy) is 1. The van der Waals surface area contributed by atoms with Crippen LogP contribution in [0.5, 0.6) is 0 Å². The Morgan fingerprint density at radius 2 is 2.29 bits per heavy atom. The van der Waals surface area contributed by atoms with Crippen molar-refractivity contribution in [1.82, 2.24) is 5.32 Å². The molecule has 0 spiro atoms. The lowest BCUT2D eigenvalue weighted by atomic mass is 10.4. The van der Waals surface area contributed by atoms with Gasteiger partial charge in [0.25, 0.3) is 0 Å². The first-order valence-corrected chi connectivity index (χ1v) is 4.06. The van der Waals surface area contributed by atoms with Crippen LogP contribution in [-0.4, -0.2) is 36.2 Å². The molecule has 1 atom stereocenters. The molecule has 0 aliphatic heterocycles. The van der Waals surface area contributed by atoms with Crippen molar-refractivity contribution in [3.05, 3.63) is 0 Å². The molecule has 0 aliphatic carbocycles. The minimum absolute atomic E-state index is 0.222. The molecule has 0 unspecified atom stereocenters. The Bertz CT molecular complexity index is 246. The monoisotopic (exact) mass is 200 g/mol. The second kappa shape index (κ2) is 6.86. The number of nitrogens with zero attached hydrogens (tertiary/aromatic N) is 1. The number of nitrogens with one attached hydrogen (secondary N) is 1. The maximum Gasteiger partial charge on any atom is 0.332 e. The molecule has 0 aromatic carbocycles. The van der Waals surface area contributed by atoms with Crippen molar-refractivity contribution in [3.63, 3.8) is 0 Å². The molecule has 6 nitrogen and oxygen atoms in total. The highest BCUT2D eigenvalue weighted by Gasteiger charge is 2.12. The minimum Gasteiger partial charge on any atom is -0.479 e. The van der Waals surface area contributed by atoms with Gasteiger partial charge >= 0.3 is 5.97 Å². The number of aliphatic carboxylic acids is 1. The van der Waals surface area contributed by atoms with Gasteiger partial charge in [-0.25, -0.2) is 4.79 Å². The number of rotatable bonds is 6. The van der Waals surface area contributed by atoms with E-state index in [1.165, 1.54) is 6.92 Å². The molecule has 0 heterocycles. The van der Waals surface area contributed by atoms with Gasteiger partial charge in [-0.3, -0.25) is 4.79 Å². The van der Waals surface area contributed by atoms with Gasteiger partial charge in [0, 0.05) is 6.54 Å². The summed E-state index contributed by atoms with van der Waals surface area (Å²) < 4.78 is 4.70. The number of carboxylic acid groups (broad SMARTS) is 1. The third kappa shape index (κ3) is 5.97. The second-order valence-electron chi connectivity index (χ2n) is 2.55. The van der Waals surface area contributed by atoms with Crippen molar-refractivity contribution >= 4 is 11.9 Å². The molecule has 0 saturated heterocycles. The largest absolute Gasteiger partial charge is 0.479 e. The molecular weight excluding hydrogens is 188 g/mol. The van der Waals surface area contributed by atoms with Crippen molar-refractivity contribution in [1.29, 1.82) is 5.26 Å². The van der Waals surface area contributed by atoms with Crippen LogP contribution < -0.4 is 5.32 Å². The van der Waals surface area contributed by atoms with E-state index in [-0.39, 0.29) is 19.6 Å². The number of nitriles is 1. The van der Waals surface area contributed by atoms with Gasteiger partial charge in [-0.2, -0.15) is 5.26 Å². The zero-order chi connectivity index (χ0) is 11.0. The summed E-state index contributed by atoms with van der Waals surface area (Å²) in [5, 5.41) is 19.0. The van der Waals surface area contributed by atoms with E-state index in [1.54, 1.807) is 0 Å². The summed E-state index contributed by atoms with van der Waals surface area (Å²) in [4.78, 5) is 21.2. The molecule has 0 aliphatic rings. The second-order valence-corrected chi connectivity index (χ2v) is 2.55.